The first kappa shape index (κ1) is 14.5. The number of rotatable bonds is 3. The Labute approximate surface area is 129 Å². The summed E-state index contributed by atoms with van der Waals surface area (Å²) in [4.78, 5) is 0. The van der Waals surface area contributed by atoms with Gasteiger partial charge in [0.05, 0.1) is 12.5 Å². The first-order chi connectivity index (χ1) is 10.4. The fourth-order valence-corrected chi connectivity index (χ4v) is 3.05. The van der Waals surface area contributed by atoms with E-state index in [2.05, 4.69) is 0 Å². The highest BCUT2D eigenvalue weighted by molar-refractivity contribution is 7.88. The summed E-state index contributed by atoms with van der Waals surface area (Å²) < 4.78 is 31.0. The molecule has 0 radical (unpaired) electrons. The van der Waals surface area contributed by atoms with Crippen molar-refractivity contribution in [3.63, 3.8) is 0 Å². The molecular formula is C16H15NO4S. The molecule has 0 saturated heterocycles. The molecule has 114 valence electrons. The fourth-order valence-electron chi connectivity index (χ4n) is 2.25. The molecule has 0 bridgehead atoms. The number of aromatic hydroxyl groups is 1. The molecule has 1 aliphatic heterocycles. The summed E-state index contributed by atoms with van der Waals surface area (Å²) in [5.41, 5.74) is 1.45. The van der Waals surface area contributed by atoms with Crippen LogP contribution in [0.1, 0.15) is 17.4 Å². The quantitative estimate of drug-likeness (QED) is 0.945. The Hall–Kier alpha value is -2.47. The zero-order valence-electron chi connectivity index (χ0n) is 11.9. The number of nitrogens with zero attached hydrogens (tertiary/aromatic N) is 1. The van der Waals surface area contributed by atoms with Crippen LogP contribution in [0.25, 0.3) is 5.76 Å². The van der Waals surface area contributed by atoms with Gasteiger partial charge in [-0.3, -0.25) is 0 Å². The van der Waals surface area contributed by atoms with Crippen LogP contribution in [0, 0.1) is 0 Å². The summed E-state index contributed by atoms with van der Waals surface area (Å²) >= 11 is 0. The third-order valence-corrected chi connectivity index (χ3v) is 4.40. The molecule has 1 aliphatic rings. The van der Waals surface area contributed by atoms with Crippen molar-refractivity contribution in [3.05, 3.63) is 71.9 Å². The van der Waals surface area contributed by atoms with Gasteiger partial charge in [0.2, 0.25) is 16.3 Å². The number of ether oxygens (including phenoxy) is 1. The molecule has 1 heterocycles. The molecule has 0 aliphatic carbocycles. The van der Waals surface area contributed by atoms with Crippen molar-refractivity contribution < 1.29 is 18.3 Å². The van der Waals surface area contributed by atoms with E-state index < -0.39 is 16.3 Å². The van der Waals surface area contributed by atoms with Gasteiger partial charge in [0.15, 0.2) is 0 Å². The minimum absolute atomic E-state index is 0.115. The lowest BCUT2D eigenvalue weighted by atomic mass is 10.2. The fraction of sp³-hybridized carbons (Fsp3) is 0.125. The monoisotopic (exact) mass is 317 g/mol. The Kier molecular flexibility index (Phi) is 3.54. The van der Waals surface area contributed by atoms with E-state index in [0.29, 0.717) is 11.3 Å². The van der Waals surface area contributed by atoms with Gasteiger partial charge in [0.25, 0.3) is 0 Å². The SMILES string of the molecule is CS(=O)(=O)N1C=C(c2ccccc2)O[C@@H]1c1ccc(O)cc1. The number of sulfonamides is 1. The smallest absolute Gasteiger partial charge is 0.235 e. The van der Waals surface area contributed by atoms with Crippen molar-refractivity contribution in [2.75, 3.05) is 6.26 Å². The Bertz CT molecular complexity index is 798. The van der Waals surface area contributed by atoms with Crippen molar-refractivity contribution in [3.8, 4) is 5.75 Å². The van der Waals surface area contributed by atoms with Crippen LogP contribution in [0.15, 0.2) is 60.8 Å². The molecule has 2 aromatic carbocycles. The summed E-state index contributed by atoms with van der Waals surface area (Å²) in [7, 11) is -3.48. The van der Waals surface area contributed by atoms with Gasteiger partial charge in [-0.05, 0) is 24.3 Å². The largest absolute Gasteiger partial charge is 0.508 e. The average Bonchev–Trinajstić information content (AvgIpc) is 2.94. The van der Waals surface area contributed by atoms with E-state index in [-0.39, 0.29) is 5.75 Å². The van der Waals surface area contributed by atoms with Gasteiger partial charge in [0.1, 0.15) is 11.5 Å². The second kappa shape index (κ2) is 5.38. The number of hydrogen-bond donors (Lipinski definition) is 1. The molecule has 0 spiro atoms. The molecule has 5 nitrogen and oxygen atoms in total. The maximum absolute atomic E-state index is 12.0. The van der Waals surface area contributed by atoms with Crippen molar-refractivity contribution in [1.82, 2.24) is 4.31 Å². The molecule has 0 saturated carbocycles. The van der Waals surface area contributed by atoms with Crippen LogP contribution in [0.4, 0.5) is 0 Å². The molecular weight excluding hydrogens is 302 g/mol. The number of hydrogen-bond acceptors (Lipinski definition) is 4. The lowest BCUT2D eigenvalue weighted by Crippen LogP contribution is -2.26. The van der Waals surface area contributed by atoms with Gasteiger partial charge in [-0.15, -0.1) is 0 Å². The first-order valence-electron chi connectivity index (χ1n) is 6.66. The predicted molar refractivity (Wildman–Crippen MR) is 83.0 cm³/mol. The lowest BCUT2D eigenvalue weighted by molar-refractivity contribution is 0.119. The van der Waals surface area contributed by atoms with Gasteiger partial charge in [0, 0.05) is 11.1 Å². The maximum atomic E-state index is 12.0. The van der Waals surface area contributed by atoms with E-state index in [0.717, 1.165) is 11.8 Å². The molecule has 6 heteroatoms. The van der Waals surface area contributed by atoms with E-state index >= 15 is 0 Å². The molecule has 2 aromatic rings. The highest BCUT2D eigenvalue weighted by Gasteiger charge is 2.34. The predicted octanol–water partition coefficient (Wildman–Crippen LogP) is 2.68. The molecule has 0 amide bonds. The van der Waals surface area contributed by atoms with Crippen LogP contribution in [-0.4, -0.2) is 24.1 Å². The summed E-state index contributed by atoms with van der Waals surface area (Å²) in [6.45, 7) is 0. The van der Waals surface area contributed by atoms with Gasteiger partial charge >= 0.3 is 0 Å². The van der Waals surface area contributed by atoms with E-state index in [1.165, 1.54) is 22.6 Å². The Balaban J connectivity index is 2.00. The van der Waals surface area contributed by atoms with E-state index in [1.807, 2.05) is 30.3 Å². The zero-order chi connectivity index (χ0) is 15.7. The third kappa shape index (κ3) is 2.78. The molecule has 1 atom stereocenters. The minimum atomic E-state index is -3.48. The molecule has 3 rings (SSSR count). The van der Waals surface area contributed by atoms with Crippen LogP contribution >= 0.6 is 0 Å². The minimum Gasteiger partial charge on any atom is -0.508 e. The van der Waals surface area contributed by atoms with E-state index in [1.54, 1.807) is 12.1 Å². The number of phenolic OH excluding ortho intramolecular Hbond substituents is 1. The average molecular weight is 317 g/mol. The van der Waals surface area contributed by atoms with Gasteiger partial charge in [-0.2, -0.15) is 0 Å². The molecule has 0 aromatic heterocycles. The lowest BCUT2D eigenvalue weighted by Gasteiger charge is -2.22. The van der Waals surface area contributed by atoms with Gasteiger partial charge in [-0.25, -0.2) is 12.7 Å². The molecule has 0 fully saturated rings. The zero-order valence-corrected chi connectivity index (χ0v) is 12.7. The molecule has 1 N–H and O–H groups in total. The Morgan fingerprint density at radius 3 is 2.27 bits per heavy atom. The highest BCUT2D eigenvalue weighted by atomic mass is 32.2. The third-order valence-electron chi connectivity index (χ3n) is 3.33. The van der Waals surface area contributed by atoms with Crippen LogP contribution in [-0.2, 0) is 14.8 Å². The van der Waals surface area contributed by atoms with Crippen molar-refractivity contribution in [2.45, 2.75) is 6.23 Å². The maximum Gasteiger partial charge on any atom is 0.235 e. The van der Waals surface area contributed by atoms with Crippen LogP contribution in [0.3, 0.4) is 0 Å². The topological polar surface area (TPSA) is 66.8 Å². The van der Waals surface area contributed by atoms with Crippen molar-refractivity contribution in [1.29, 1.82) is 0 Å². The summed E-state index contributed by atoms with van der Waals surface area (Å²) in [5, 5.41) is 9.37. The van der Waals surface area contributed by atoms with Crippen LogP contribution in [0.2, 0.25) is 0 Å². The summed E-state index contributed by atoms with van der Waals surface area (Å²) in [6, 6.07) is 15.6. The normalized spacial score (nSPS) is 18.0. The second-order valence-electron chi connectivity index (χ2n) is 5.01. The van der Waals surface area contributed by atoms with Crippen LogP contribution in [0.5, 0.6) is 5.75 Å². The van der Waals surface area contributed by atoms with Gasteiger partial charge in [-0.1, -0.05) is 30.3 Å². The van der Waals surface area contributed by atoms with E-state index in [9.17, 15) is 13.5 Å². The van der Waals surface area contributed by atoms with Crippen molar-refractivity contribution in [2.24, 2.45) is 0 Å². The summed E-state index contributed by atoms with van der Waals surface area (Å²) in [5.74, 6) is 0.605. The van der Waals surface area contributed by atoms with Crippen molar-refractivity contribution >= 4 is 15.8 Å². The number of benzene rings is 2. The first-order valence-corrected chi connectivity index (χ1v) is 8.51. The number of phenols is 1. The molecule has 22 heavy (non-hydrogen) atoms. The highest BCUT2D eigenvalue weighted by Crippen LogP contribution is 2.38. The Morgan fingerprint density at radius 1 is 1.05 bits per heavy atom. The summed E-state index contributed by atoms with van der Waals surface area (Å²) in [6.07, 6.45) is 1.85. The van der Waals surface area contributed by atoms with Crippen LogP contribution < -0.4 is 0 Å². The standard InChI is InChI=1S/C16H15NO4S/c1-22(19,20)17-11-15(12-5-3-2-4-6-12)21-16(17)13-7-9-14(18)10-8-13/h2-11,16,18H,1H3/t16-/m1/s1. The second-order valence-corrected chi connectivity index (χ2v) is 6.90. The van der Waals surface area contributed by atoms with E-state index in [4.69, 9.17) is 4.74 Å². The van der Waals surface area contributed by atoms with Gasteiger partial charge < -0.3 is 9.84 Å². The molecule has 0 unspecified atom stereocenters. The Morgan fingerprint density at radius 2 is 1.68 bits per heavy atom.